The second-order valence-corrected chi connectivity index (χ2v) is 10.5. The van der Waals surface area contributed by atoms with Crippen molar-refractivity contribution < 1.29 is 13.5 Å². The quantitative estimate of drug-likeness (QED) is 0.455. The molecule has 0 atom stereocenters. The lowest BCUT2D eigenvalue weighted by Crippen LogP contribution is -2.64. The first kappa shape index (κ1) is 22.2. The normalized spacial score (nSPS) is 15.7. The monoisotopic (exact) mass is 474 g/mol. The topological polar surface area (TPSA) is 125 Å². The number of sulfonamides is 1. The van der Waals surface area contributed by atoms with Crippen molar-refractivity contribution >= 4 is 20.9 Å². The summed E-state index contributed by atoms with van der Waals surface area (Å²) in [4.78, 5) is 6.01. The van der Waals surface area contributed by atoms with E-state index in [2.05, 4.69) is 16.2 Å². The minimum absolute atomic E-state index is 0.0493. The van der Waals surface area contributed by atoms with E-state index in [4.69, 9.17) is 5.10 Å². The van der Waals surface area contributed by atoms with Crippen LogP contribution in [0.5, 0.6) is 0 Å². The Morgan fingerprint density at radius 3 is 2.71 bits per heavy atom. The van der Waals surface area contributed by atoms with Crippen molar-refractivity contribution in [2.45, 2.75) is 18.6 Å². The number of fused-ring (bicyclic) bond motifs is 1. The van der Waals surface area contributed by atoms with Crippen LogP contribution in [0.3, 0.4) is 0 Å². The van der Waals surface area contributed by atoms with E-state index >= 15 is 0 Å². The number of benzene rings is 2. The third-order valence-electron chi connectivity index (χ3n) is 6.17. The SMILES string of the molecule is CS(=O)(=O)N1CC(CC#N)(n2ncc(-c3cc(-c4cccc(CO)c4)cc4ncccc34)n2)C1. The Morgan fingerprint density at radius 2 is 1.97 bits per heavy atom. The fourth-order valence-corrected chi connectivity index (χ4v) is 5.28. The van der Waals surface area contributed by atoms with Crippen molar-refractivity contribution in [2.24, 2.45) is 0 Å². The molecule has 1 saturated heterocycles. The Bertz CT molecular complexity index is 1530. The Balaban J connectivity index is 1.60. The molecular weight excluding hydrogens is 452 g/mol. The van der Waals surface area contributed by atoms with E-state index in [0.717, 1.165) is 39.4 Å². The molecule has 1 aliphatic rings. The van der Waals surface area contributed by atoms with Gasteiger partial charge in [-0.1, -0.05) is 24.3 Å². The van der Waals surface area contributed by atoms with Gasteiger partial charge in [0.15, 0.2) is 0 Å². The summed E-state index contributed by atoms with van der Waals surface area (Å²) in [6.45, 7) is 0.264. The van der Waals surface area contributed by atoms with Gasteiger partial charge >= 0.3 is 0 Å². The lowest BCUT2D eigenvalue weighted by molar-refractivity contribution is 0.0579. The number of hydrogen-bond acceptors (Lipinski definition) is 7. The van der Waals surface area contributed by atoms with E-state index in [1.807, 2.05) is 48.5 Å². The van der Waals surface area contributed by atoms with Crippen LogP contribution in [0.4, 0.5) is 0 Å². The first-order valence-corrected chi connectivity index (χ1v) is 12.5. The van der Waals surface area contributed by atoms with Gasteiger partial charge in [-0.2, -0.15) is 24.6 Å². The highest BCUT2D eigenvalue weighted by molar-refractivity contribution is 7.88. The molecule has 2 aromatic carbocycles. The van der Waals surface area contributed by atoms with Gasteiger partial charge < -0.3 is 5.11 Å². The molecule has 5 rings (SSSR count). The van der Waals surface area contributed by atoms with Crippen LogP contribution in [0.25, 0.3) is 33.3 Å². The van der Waals surface area contributed by atoms with Crippen molar-refractivity contribution in [1.82, 2.24) is 24.3 Å². The standard InChI is InChI=1S/C24H22N6O3S/c1-34(32,33)29-15-24(16-29,7-8-25)30-27-13-23(28-30)21-11-19(12-22-20(21)6-3-9-26-22)18-5-2-4-17(10-18)14-31/h2-6,9-13,31H,7,14-16H2,1H3. The third kappa shape index (κ3) is 3.84. The first-order chi connectivity index (χ1) is 16.3. The molecule has 0 amide bonds. The predicted octanol–water partition coefficient (Wildman–Crippen LogP) is 2.54. The van der Waals surface area contributed by atoms with Crippen LogP contribution < -0.4 is 0 Å². The van der Waals surface area contributed by atoms with E-state index in [0.29, 0.717) is 5.69 Å². The summed E-state index contributed by atoms with van der Waals surface area (Å²) in [5, 5.41) is 28.9. The van der Waals surface area contributed by atoms with Gasteiger partial charge in [-0.05, 0) is 41.0 Å². The Morgan fingerprint density at radius 1 is 1.15 bits per heavy atom. The van der Waals surface area contributed by atoms with Crippen LogP contribution in [0.2, 0.25) is 0 Å². The van der Waals surface area contributed by atoms with E-state index < -0.39 is 15.6 Å². The third-order valence-corrected chi connectivity index (χ3v) is 7.37. The maximum atomic E-state index is 11.9. The maximum Gasteiger partial charge on any atom is 0.211 e. The van der Waals surface area contributed by atoms with Crippen molar-refractivity contribution in [3.8, 4) is 28.5 Å². The van der Waals surface area contributed by atoms with E-state index in [1.165, 1.54) is 9.10 Å². The zero-order valence-corrected chi connectivity index (χ0v) is 19.3. The van der Waals surface area contributed by atoms with Gasteiger partial charge in [-0.15, -0.1) is 0 Å². The van der Waals surface area contributed by atoms with Gasteiger partial charge in [0.25, 0.3) is 0 Å². The molecule has 3 heterocycles. The fraction of sp³-hybridized carbons (Fsp3) is 0.250. The summed E-state index contributed by atoms with van der Waals surface area (Å²) in [5.74, 6) is 0. The number of aromatic nitrogens is 4. The molecule has 2 aromatic heterocycles. The van der Waals surface area contributed by atoms with Gasteiger partial charge in [-0.3, -0.25) is 4.98 Å². The van der Waals surface area contributed by atoms with Crippen LogP contribution in [0.1, 0.15) is 12.0 Å². The highest BCUT2D eigenvalue weighted by Gasteiger charge is 2.50. The second-order valence-electron chi connectivity index (χ2n) is 8.56. The van der Waals surface area contributed by atoms with Crippen molar-refractivity contribution in [1.29, 1.82) is 5.26 Å². The van der Waals surface area contributed by atoms with Gasteiger partial charge in [0.05, 0.1) is 37.1 Å². The molecule has 0 saturated carbocycles. The summed E-state index contributed by atoms with van der Waals surface area (Å²) in [7, 11) is -3.35. The molecule has 0 aliphatic carbocycles. The van der Waals surface area contributed by atoms with Gasteiger partial charge in [-0.25, -0.2) is 8.42 Å². The van der Waals surface area contributed by atoms with Gasteiger partial charge in [0.1, 0.15) is 11.2 Å². The number of aliphatic hydroxyl groups is 1. The van der Waals surface area contributed by atoms with Crippen LogP contribution in [-0.2, 0) is 22.2 Å². The predicted molar refractivity (Wildman–Crippen MR) is 127 cm³/mol. The molecule has 0 spiro atoms. The molecule has 0 unspecified atom stereocenters. The van der Waals surface area contributed by atoms with Crippen molar-refractivity contribution in [3.63, 3.8) is 0 Å². The number of rotatable bonds is 6. The number of nitriles is 1. The van der Waals surface area contributed by atoms with Crippen molar-refractivity contribution in [3.05, 3.63) is 66.5 Å². The van der Waals surface area contributed by atoms with Crippen LogP contribution >= 0.6 is 0 Å². The number of pyridine rings is 1. The van der Waals surface area contributed by atoms with Gasteiger partial charge in [0.2, 0.25) is 10.0 Å². The van der Waals surface area contributed by atoms with Crippen LogP contribution in [0, 0.1) is 11.3 Å². The molecule has 0 bridgehead atoms. The fourth-order valence-electron chi connectivity index (χ4n) is 4.33. The molecule has 9 nitrogen and oxygen atoms in total. The lowest BCUT2D eigenvalue weighted by atomic mass is 9.90. The van der Waals surface area contributed by atoms with Crippen LogP contribution in [-0.4, -0.2) is 57.2 Å². The zero-order chi connectivity index (χ0) is 23.9. The Labute approximate surface area is 196 Å². The molecule has 34 heavy (non-hydrogen) atoms. The maximum absolute atomic E-state index is 11.9. The minimum Gasteiger partial charge on any atom is -0.392 e. The molecule has 172 valence electrons. The second kappa shape index (κ2) is 8.29. The average molecular weight is 475 g/mol. The number of aliphatic hydroxyl groups excluding tert-OH is 1. The summed E-state index contributed by atoms with van der Waals surface area (Å²) >= 11 is 0. The summed E-state index contributed by atoms with van der Waals surface area (Å²) in [5.41, 5.74) is 4.10. The van der Waals surface area contributed by atoms with E-state index in [1.54, 1.807) is 12.4 Å². The molecule has 1 fully saturated rings. The molecule has 10 heteroatoms. The smallest absolute Gasteiger partial charge is 0.211 e. The molecule has 1 aliphatic heterocycles. The number of nitrogens with zero attached hydrogens (tertiary/aromatic N) is 6. The largest absolute Gasteiger partial charge is 0.392 e. The van der Waals surface area contributed by atoms with E-state index in [9.17, 15) is 18.8 Å². The summed E-state index contributed by atoms with van der Waals surface area (Å²) < 4.78 is 25.1. The van der Waals surface area contributed by atoms with Gasteiger partial charge in [0, 0.05) is 30.2 Å². The Hall–Kier alpha value is -3.65. The molecule has 1 N–H and O–H groups in total. The lowest BCUT2D eigenvalue weighted by Gasteiger charge is -2.46. The average Bonchev–Trinajstić information content (AvgIpc) is 3.30. The molecule has 4 aromatic rings. The molecular formula is C24H22N6O3S. The zero-order valence-electron chi connectivity index (χ0n) is 18.5. The number of hydrogen-bond donors (Lipinski definition) is 1. The van der Waals surface area contributed by atoms with Crippen molar-refractivity contribution in [2.75, 3.05) is 19.3 Å². The highest BCUT2D eigenvalue weighted by Crippen LogP contribution is 2.36. The summed E-state index contributed by atoms with van der Waals surface area (Å²) in [6.07, 6.45) is 4.62. The first-order valence-electron chi connectivity index (χ1n) is 10.7. The Kier molecular flexibility index (Phi) is 5.40. The molecule has 0 radical (unpaired) electrons. The van der Waals surface area contributed by atoms with Crippen LogP contribution in [0.15, 0.2) is 60.9 Å². The highest BCUT2D eigenvalue weighted by atomic mass is 32.2. The van der Waals surface area contributed by atoms with E-state index in [-0.39, 0.29) is 26.1 Å². The minimum atomic E-state index is -3.35. The summed E-state index contributed by atoms with van der Waals surface area (Å²) in [6, 6.07) is 17.6.